The first-order chi connectivity index (χ1) is 14.3. The second-order valence-corrected chi connectivity index (χ2v) is 10.0. The Bertz CT molecular complexity index is 1120. The number of aromatic nitrogens is 2. The van der Waals surface area contributed by atoms with Crippen LogP contribution in [-0.4, -0.2) is 48.7 Å². The molecule has 2 aromatic heterocycles. The molecule has 0 aliphatic carbocycles. The first-order valence-corrected chi connectivity index (χ1v) is 12.2. The molecule has 1 atom stereocenters. The highest BCUT2D eigenvalue weighted by Crippen LogP contribution is 2.25. The van der Waals surface area contributed by atoms with E-state index in [0.717, 1.165) is 41.2 Å². The number of nitrogens with zero attached hydrogens (tertiary/aromatic N) is 3. The van der Waals surface area contributed by atoms with E-state index in [1.54, 1.807) is 30.5 Å². The predicted octanol–water partition coefficient (Wildman–Crippen LogP) is 4.14. The van der Waals surface area contributed by atoms with Crippen LogP contribution in [0.25, 0.3) is 22.7 Å². The second kappa shape index (κ2) is 8.32. The van der Waals surface area contributed by atoms with E-state index in [4.69, 9.17) is 9.40 Å². The second-order valence-electron chi connectivity index (χ2n) is 8.03. The third-order valence-electron chi connectivity index (χ3n) is 5.81. The molecule has 0 unspecified atom stereocenters. The number of pyridine rings is 1. The van der Waals surface area contributed by atoms with Crippen LogP contribution in [0.4, 0.5) is 0 Å². The lowest BCUT2D eigenvalue weighted by Gasteiger charge is -2.20. The summed E-state index contributed by atoms with van der Waals surface area (Å²) in [5, 5.41) is 0. The van der Waals surface area contributed by atoms with Crippen LogP contribution in [0.3, 0.4) is 0 Å². The van der Waals surface area contributed by atoms with Crippen molar-refractivity contribution < 1.29 is 12.8 Å². The summed E-state index contributed by atoms with van der Waals surface area (Å²) in [6.07, 6.45) is 6.39. The van der Waals surface area contributed by atoms with Crippen molar-refractivity contribution in [1.82, 2.24) is 14.9 Å². The molecule has 0 spiro atoms. The quantitative estimate of drug-likeness (QED) is 0.591. The fraction of sp³-hybridized carbons (Fsp3) is 0.391. The number of benzene rings is 1. The molecule has 3 aromatic rings. The normalized spacial score (nSPS) is 17.5. The van der Waals surface area contributed by atoms with E-state index in [1.165, 1.54) is 25.6 Å². The van der Waals surface area contributed by atoms with Gasteiger partial charge in [0.15, 0.2) is 9.84 Å². The maximum Gasteiger partial charge on any atom is 0.228 e. The minimum Gasteiger partial charge on any atom is -0.441 e. The van der Waals surface area contributed by atoms with Gasteiger partial charge in [-0.15, -0.1) is 0 Å². The Kier molecular flexibility index (Phi) is 5.75. The Morgan fingerprint density at radius 1 is 1.13 bits per heavy atom. The van der Waals surface area contributed by atoms with Crippen LogP contribution in [0, 0.1) is 6.92 Å². The molecule has 1 fully saturated rings. The zero-order valence-corrected chi connectivity index (χ0v) is 18.4. The van der Waals surface area contributed by atoms with Crippen LogP contribution in [0.1, 0.15) is 31.2 Å². The van der Waals surface area contributed by atoms with Crippen molar-refractivity contribution in [2.24, 2.45) is 0 Å². The first kappa shape index (κ1) is 20.8. The van der Waals surface area contributed by atoms with E-state index in [2.05, 4.69) is 16.8 Å². The fourth-order valence-electron chi connectivity index (χ4n) is 3.92. The van der Waals surface area contributed by atoms with Crippen molar-refractivity contribution >= 4 is 9.84 Å². The molecule has 1 aliphatic heterocycles. The fourth-order valence-corrected chi connectivity index (χ4v) is 4.55. The summed E-state index contributed by atoms with van der Waals surface area (Å²) < 4.78 is 29.1. The van der Waals surface area contributed by atoms with Gasteiger partial charge in [0.05, 0.1) is 21.8 Å². The molecule has 158 valence electrons. The van der Waals surface area contributed by atoms with Crippen molar-refractivity contribution in [3.8, 4) is 22.7 Å². The van der Waals surface area contributed by atoms with Crippen molar-refractivity contribution in [2.45, 2.75) is 44.0 Å². The molecule has 6 nitrogen and oxygen atoms in total. The zero-order chi connectivity index (χ0) is 21.3. The largest absolute Gasteiger partial charge is 0.441 e. The van der Waals surface area contributed by atoms with Crippen molar-refractivity contribution in [1.29, 1.82) is 0 Å². The van der Waals surface area contributed by atoms with E-state index in [1.807, 2.05) is 19.1 Å². The summed E-state index contributed by atoms with van der Waals surface area (Å²) in [6.45, 7) is 6.43. The summed E-state index contributed by atoms with van der Waals surface area (Å²) in [5.74, 6) is 1.45. The lowest BCUT2D eigenvalue weighted by atomic mass is 10.1. The first-order valence-electron chi connectivity index (χ1n) is 10.3. The van der Waals surface area contributed by atoms with Crippen LogP contribution >= 0.6 is 0 Å². The van der Waals surface area contributed by atoms with Gasteiger partial charge in [0.2, 0.25) is 5.89 Å². The maximum atomic E-state index is 11.6. The van der Waals surface area contributed by atoms with Gasteiger partial charge in [-0.3, -0.25) is 4.98 Å². The number of rotatable bonds is 6. The van der Waals surface area contributed by atoms with Gasteiger partial charge >= 0.3 is 0 Å². The summed E-state index contributed by atoms with van der Waals surface area (Å²) in [5.41, 5.74) is 3.46. The molecule has 0 amide bonds. The molecule has 0 saturated carbocycles. The zero-order valence-electron chi connectivity index (χ0n) is 17.6. The SMILES string of the molecule is Cc1oc(-c2ccc(-c3ccc(S(C)(=O)=O)cc3)nc2)nc1CCN1CCC[C@H]1C. The van der Waals surface area contributed by atoms with Gasteiger partial charge in [0.25, 0.3) is 0 Å². The molecular formula is C23H27N3O3S. The average Bonchev–Trinajstić information content (AvgIpc) is 3.31. The summed E-state index contributed by atoms with van der Waals surface area (Å²) in [7, 11) is -3.20. The Labute approximate surface area is 177 Å². The van der Waals surface area contributed by atoms with Crippen molar-refractivity contribution in [2.75, 3.05) is 19.3 Å². The average molecular weight is 426 g/mol. The predicted molar refractivity (Wildman–Crippen MR) is 117 cm³/mol. The van der Waals surface area contributed by atoms with Crippen LogP contribution < -0.4 is 0 Å². The van der Waals surface area contributed by atoms with Gasteiger partial charge in [0.1, 0.15) is 5.76 Å². The standard InChI is InChI=1S/C23H27N3O3S/c1-16-5-4-13-26(16)14-12-21-17(2)29-23(25-21)19-8-11-22(24-15-19)18-6-9-20(10-7-18)30(3,27)28/h6-11,15-16H,4-5,12-14H2,1-3H3/t16-/m1/s1. The molecule has 30 heavy (non-hydrogen) atoms. The van der Waals surface area contributed by atoms with E-state index < -0.39 is 9.84 Å². The van der Waals surface area contributed by atoms with Crippen LogP contribution in [0.5, 0.6) is 0 Å². The van der Waals surface area contributed by atoms with Crippen LogP contribution in [0.2, 0.25) is 0 Å². The third-order valence-corrected chi connectivity index (χ3v) is 6.94. The summed E-state index contributed by atoms with van der Waals surface area (Å²) in [4.78, 5) is 12.0. The van der Waals surface area contributed by atoms with E-state index in [9.17, 15) is 8.42 Å². The van der Waals surface area contributed by atoms with Crippen molar-refractivity contribution in [3.63, 3.8) is 0 Å². The lowest BCUT2D eigenvalue weighted by Crippen LogP contribution is -2.29. The molecule has 1 saturated heterocycles. The maximum absolute atomic E-state index is 11.6. The van der Waals surface area contributed by atoms with Gasteiger partial charge in [-0.05, 0) is 57.5 Å². The minimum atomic E-state index is -3.20. The molecule has 3 heterocycles. The third kappa shape index (κ3) is 4.47. The van der Waals surface area contributed by atoms with Gasteiger partial charge in [-0.1, -0.05) is 12.1 Å². The molecule has 4 rings (SSSR count). The highest BCUT2D eigenvalue weighted by Gasteiger charge is 2.21. The molecule has 0 bridgehead atoms. The molecule has 0 radical (unpaired) electrons. The molecule has 0 N–H and O–H groups in total. The number of hydrogen-bond donors (Lipinski definition) is 0. The molecular weight excluding hydrogens is 398 g/mol. The summed E-state index contributed by atoms with van der Waals surface area (Å²) >= 11 is 0. The van der Waals surface area contributed by atoms with Gasteiger partial charge in [-0.2, -0.15) is 0 Å². The Morgan fingerprint density at radius 2 is 1.87 bits per heavy atom. The highest BCUT2D eigenvalue weighted by molar-refractivity contribution is 7.90. The monoisotopic (exact) mass is 425 g/mol. The smallest absolute Gasteiger partial charge is 0.228 e. The highest BCUT2D eigenvalue weighted by atomic mass is 32.2. The van der Waals surface area contributed by atoms with Gasteiger partial charge in [-0.25, -0.2) is 13.4 Å². The number of hydrogen-bond acceptors (Lipinski definition) is 6. The van der Waals surface area contributed by atoms with Crippen LogP contribution in [-0.2, 0) is 16.3 Å². The van der Waals surface area contributed by atoms with Crippen LogP contribution in [0.15, 0.2) is 51.9 Å². The topological polar surface area (TPSA) is 76.3 Å². The molecule has 7 heteroatoms. The van der Waals surface area contributed by atoms with Crippen molar-refractivity contribution in [3.05, 3.63) is 54.0 Å². The molecule has 1 aromatic carbocycles. The lowest BCUT2D eigenvalue weighted by molar-refractivity contribution is 0.271. The number of sulfone groups is 1. The number of oxazole rings is 1. The summed E-state index contributed by atoms with van der Waals surface area (Å²) in [6, 6.07) is 11.2. The van der Waals surface area contributed by atoms with Gasteiger partial charge in [0, 0.05) is 37.0 Å². The van der Waals surface area contributed by atoms with E-state index in [0.29, 0.717) is 16.8 Å². The molecule has 1 aliphatic rings. The Morgan fingerprint density at radius 3 is 2.47 bits per heavy atom. The Balaban J connectivity index is 1.47. The minimum absolute atomic E-state index is 0.300. The van der Waals surface area contributed by atoms with Gasteiger partial charge < -0.3 is 9.32 Å². The number of likely N-dealkylation sites (tertiary alicyclic amines) is 1. The number of aryl methyl sites for hydroxylation is 1. The Hall–Kier alpha value is -2.51. The van der Waals surface area contributed by atoms with E-state index in [-0.39, 0.29) is 0 Å². The van der Waals surface area contributed by atoms with E-state index >= 15 is 0 Å².